The fourth-order valence-corrected chi connectivity index (χ4v) is 3.94. The van der Waals surface area contributed by atoms with Crippen LogP contribution in [0.1, 0.15) is 18.4 Å². The molecule has 0 unspecified atom stereocenters. The lowest BCUT2D eigenvalue weighted by Gasteiger charge is -2.32. The predicted molar refractivity (Wildman–Crippen MR) is 112 cm³/mol. The molecule has 1 atom stereocenters. The number of piperidine rings is 1. The maximum Gasteiger partial charge on any atom is 0.132 e. The highest BCUT2D eigenvalue weighted by Crippen LogP contribution is 2.31. The third-order valence-electron chi connectivity index (χ3n) is 5.46. The third-order valence-corrected chi connectivity index (χ3v) is 5.46. The topological polar surface area (TPSA) is 95.8 Å². The Labute approximate surface area is 168 Å². The monoisotopic (exact) mass is 389 g/mol. The second-order valence-corrected chi connectivity index (χ2v) is 7.67. The van der Waals surface area contributed by atoms with Gasteiger partial charge in [-0.25, -0.2) is 4.98 Å². The second kappa shape index (κ2) is 6.97. The van der Waals surface area contributed by atoms with E-state index in [9.17, 15) is 5.11 Å². The van der Waals surface area contributed by atoms with Crippen LogP contribution in [0.4, 0.5) is 5.82 Å². The Morgan fingerprint density at radius 1 is 1.21 bits per heavy atom. The van der Waals surface area contributed by atoms with Crippen LogP contribution < -0.4 is 4.90 Å². The van der Waals surface area contributed by atoms with Crippen LogP contribution in [-0.4, -0.2) is 54.2 Å². The van der Waals surface area contributed by atoms with Crippen molar-refractivity contribution in [1.82, 2.24) is 29.9 Å². The first-order chi connectivity index (χ1) is 14.1. The van der Waals surface area contributed by atoms with Crippen molar-refractivity contribution in [1.29, 1.82) is 0 Å². The summed E-state index contributed by atoms with van der Waals surface area (Å²) in [5, 5.41) is 22.9. The molecule has 0 bridgehead atoms. The zero-order valence-corrected chi connectivity index (χ0v) is 16.5. The SMILES string of the molecule is Cc1ccc(-c2n[nH]c3cnc(-c4cnn(C)c4)cc23)nc1N1CCC[C@H](O)C1. The summed E-state index contributed by atoms with van der Waals surface area (Å²) in [7, 11) is 1.89. The number of hydrogen-bond acceptors (Lipinski definition) is 6. The number of aromatic amines is 1. The summed E-state index contributed by atoms with van der Waals surface area (Å²) < 4.78 is 1.76. The molecule has 29 heavy (non-hydrogen) atoms. The van der Waals surface area contributed by atoms with Crippen molar-refractivity contribution >= 4 is 16.7 Å². The fourth-order valence-electron chi connectivity index (χ4n) is 3.94. The standard InChI is InChI=1S/C21H23N7O/c1-13-5-6-17(24-21(13)28-7-3-4-15(29)12-28)20-16-8-18(14-9-23-27(2)11-14)22-10-19(16)25-26-20/h5-6,8-11,15,29H,3-4,7,12H2,1-2H3,(H,25,26)/t15-/m0/s1. The van der Waals surface area contributed by atoms with E-state index in [-0.39, 0.29) is 6.10 Å². The molecule has 0 aliphatic carbocycles. The lowest BCUT2D eigenvalue weighted by atomic mass is 10.1. The van der Waals surface area contributed by atoms with Crippen LogP contribution in [0, 0.1) is 6.92 Å². The van der Waals surface area contributed by atoms with Gasteiger partial charge < -0.3 is 10.0 Å². The maximum absolute atomic E-state index is 10.1. The van der Waals surface area contributed by atoms with Crippen LogP contribution in [0.25, 0.3) is 33.5 Å². The van der Waals surface area contributed by atoms with Gasteiger partial charge in [0.25, 0.3) is 0 Å². The Hall–Kier alpha value is -3.26. The number of anilines is 1. The number of hydrogen-bond donors (Lipinski definition) is 2. The van der Waals surface area contributed by atoms with Gasteiger partial charge in [0.15, 0.2) is 0 Å². The first kappa shape index (κ1) is 17.8. The van der Waals surface area contributed by atoms with Crippen molar-refractivity contribution in [3.05, 3.63) is 42.4 Å². The highest BCUT2D eigenvalue weighted by Gasteiger charge is 2.21. The molecule has 0 spiro atoms. The molecule has 1 fully saturated rings. The van der Waals surface area contributed by atoms with Gasteiger partial charge in [-0.2, -0.15) is 10.2 Å². The predicted octanol–water partition coefficient (Wildman–Crippen LogP) is 2.69. The first-order valence-electron chi connectivity index (χ1n) is 9.82. The van der Waals surface area contributed by atoms with Crippen LogP contribution in [0.2, 0.25) is 0 Å². The quantitative estimate of drug-likeness (QED) is 0.559. The van der Waals surface area contributed by atoms with Crippen LogP contribution in [0.15, 0.2) is 36.8 Å². The number of nitrogens with zero attached hydrogens (tertiary/aromatic N) is 6. The number of aryl methyl sites for hydroxylation is 2. The van der Waals surface area contributed by atoms with Gasteiger partial charge in [0.2, 0.25) is 0 Å². The van der Waals surface area contributed by atoms with Crippen molar-refractivity contribution in [2.45, 2.75) is 25.9 Å². The van der Waals surface area contributed by atoms with Gasteiger partial charge in [-0.15, -0.1) is 0 Å². The summed E-state index contributed by atoms with van der Waals surface area (Å²) in [5.74, 6) is 0.916. The minimum absolute atomic E-state index is 0.298. The van der Waals surface area contributed by atoms with Gasteiger partial charge >= 0.3 is 0 Å². The average Bonchev–Trinajstić information content (AvgIpc) is 3.34. The van der Waals surface area contributed by atoms with E-state index in [2.05, 4.69) is 38.2 Å². The average molecular weight is 389 g/mol. The van der Waals surface area contributed by atoms with Gasteiger partial charge in [0.1, 0.15) is 11.5 Å². The number of H-pyrrole nitrogens is 1. The van der Waals surface area contributed by atoms with Gasteiger partial charge in [0.05, 0.1) is 35.4 Å². The Morgan fingerprint density at radius 2 is 2.10 bits per heavy atom. The first-order valence-corrected chi connectivity index (χ1v) is 9.82. The largest absolute Gasteiger partial charge is 0.391 e. The van der Waals surface area contributed by atoms with E-state index in [1.165, 1.54) is 0 Å². The van der Waals surface area contributed by atoms with Crippen molar-refractivity contribution in [3.63, 3.8) is 0 Å². The van der Waals surface area contributed by atoms with Gasteiger partial charge in [-0.3, -0.25) is 14.8 Å². The number of aliphatic hydroxyl groups excluding tert-OH is 1. The number of aromatic nitrogens is 6. The molecule has 2 N–H and O–H groups in total. The zero-order chi connectivity index (χ0) is 20.0. The summed E-state index contributed by atoms with van der Waals surface area (Å²) in [6.45, 7) is 3.58. The molecule has 1 aliphatic heterocycles. The Bertz CT molecular complexity index is 1180. The van der Waals surface area contributed by atoms with Crippen LogP contribution in [0.5, 0.6) is 0 Å². The molecular formula is C21H23N7O. The summed E-state index contributed by atoms with van der Waals surface area (Å²) in [6, 6.07) is 6.10. The number of nitrogens with one attached hydrogen (secondary N) is 1. The lowest BCUT2D eigenvalue weighted by Crippen LogP contribution is -2.39. The van der Waals surface area contributed by atoms with Crippen molar-refractivity contribution in [3.8, 4) is 22.6 Å². The van der Waals surface area contributed by atoms with E-state index in [0.29, 0.717) is 6.54 Å². The molecular weight excluding hydrogens is 366 g/mol. The molecule has 5 rings (SSSR count). The smallest absolute Gasteiger partial charge is 0.132 e. The highest BCUT2D eigenvalue weighted by atomic mass is 16.3. The molecule has 1 saturated heterocycles. The lowest BCUT2D eigenvalue weighted by molar-refractivity contribution is 0.154. The number of rotatable bonds is 3. The Kier molecular flexibility index (Phi) is 4.28. The number of aliphatic hydroxyl groups is 1. The summed E-state index contributed by atoms with van der Waals surface area (Å²) in [4.78, 5) is 11.6. The summed E-state index contributed by atoms with van der Waals surface area (Å²) >= 11 is 0. The highest BCUT2D eigenvalue weighted by molar-refractivity contribution is 5.93. The molecule has 0 radical (unpaired) electrons. The van der Waals surface area contributed by atoms with Gasteiger partial charge in [0, 0.05) is 37.3 Å². The van der Waals surface area contributed by atoms with Crippen LogP contribution in [-0.2, 0) is 7.05 Å². The van der Waals surface area contributed by atoms with E-state index in [1.54, 1.807) is 17.1 Å². The van der Waals surface area contributed by atoms with Crippen molar-refractivity contribution in [2.24, 2.45) is 7.05 Å². The number of fused-ring (bicyclic) bond motifs is 1. The van der Waals surface area contributed by atoms with E-state index in [0.717, 1.165) is 64.3 Å². The molecule has 0 amide bonds. The molecule has 8 nitrogen and oxygen atoms in total. The van der Waals surface area contributed by atoms with Crippen LogP contribution >= 0.6 is 0 Å². The Morgan fingerprint density at radius 3 is 2.90 bits per heavy atom. The molecule has 0 aromatic carbocycles. The normalized spacial score (nSPS) is 17.2. The van der Waals surface area contributed by atoms with E-state index < -0.39 is 0 Å². The van der Waals surface area contributed by atoms with E-state index >= 15 is 0 Å². The van der Waals surface area contributed by atoms with Crippen molar-refractivity contribution in [2.75, 3.05) is 18.0 Å². The fraction of sp³-hybridized carbons (Fsp3) is 0.333. The second-order valence-electron chi connectivity index (χ2n) is 7.67. The minimum Gasteiger partial charge on any atom is -0.391 e. The molecule has 4 aromatic rings. The molecule has 8 heteroatoms. The molecule has 148 valence electrons. The minimum atomic E-state index is -0.298. The van der Waals surface area contributed by atoms with E-state index in [4.69, 9.17) is 4.98 Å². The van der Waals surface area contributed by atoms with Gasteiger partial charge in [-0.05, 0) is 37.5 Å². The Balaban J connectivity index is 1.57. The summed E-state index contributed by atoms with van der Waals surface area (Å²) in [5.41, 5.74) is 5.37. The molecule has 5 heterocycles. The number of β-amino-alcohol motifs (C(OH)–C–C–N with tert-alkyl or cyclic N) is 1. The van der Waals surface area contributed by atoms with Gasteiger partial charge in [-0.1, -0.05) is 6.07 Å². The van der Waals surface area contributed by atoms with E-state index in [1.807, 2.05) is 25.4 Å². The molecule has 1 aliphatic rings. The van der Waals surface area contributed by atoms with Crippen LogP contribution in [0.3, 0.4) is 0 Å². The maximum atomic E-state index is 10.1. The number of pyridine rings is 2. The van der Waals surface area contributed by atoms with Crippen molar-refractivity contribution < 1.29 is 5.11 Å². The zero-order valence-electron chi connectivity index (χ0n) is 16.5. The summed E-state index contributed by atoms with van der Waals surface area (Å²) in [6.07, 6.45) is 7.06. The molecule has 0 saturated carbocycles. The molecule has 4 aromatic heterocycles. The third kappa shape index (κ3) is 3.25.